The Kier molecular flexibility index (Phi) is 4.32. The summed E-state index contributed by atoms with van der Waals surface area (Å²) in [7, 11) is 1.66. The minimum atomic E-state index is -0.312. The molecule has 0 fully saturated rings. The lowest BCUT2D eigenvalue weighted by molar-refractivity contribution is -0.124. The molecule has 3 aromatic rings. The third-order valence-electron chi connectivity index (χ3n) is 3.97. The first kappa shape index (κ1) is 15.1. The summed E-state index contributed by atoms with van der Waals surface area (Å²) >= 11 is 0. The Hall–Kier alpha value is -2.76. The van der Waals surface area contributed by atoms with Crippen molar-refractivity contribution in [3.63, 3.8) is 0 Å². The predicted molar refractivity (Wildman–Crippen MR) is 88.5 cm³/mol. The molecular weight excluding hydrogens is 292 g/mol. The standard InChI is InChI=1S/C17H20N4O2/c1-12(21-9-3-7-20-21)17(22)18-8-6-13-11-19-16-5-4-14(23-2)10-15(13)16/h3-5,7,9-12,19H,6,8H2,1-2H3,(H,18,22)/t12-/m1/s1. The summed E-state index contributed by atoms with van der Waals surface area (Å²) in [6.45, 7) is 2.41. The fraction of sp³-hybridized carbons (Fsp3) is 0.294. The second-order valence-corrected chi connectivity index (χ2v) is 5.43. The van der Waals surface area contributed by atoms with Crippen molar-refractivity contribution < 1.29 is 9.53 Å². The van der Waals surface area contributed by atoms with Gasteiger partial charge in [-0.25, -0.2) is 0 Å². The number of amides is 1. The van der Waals surface area contributed by atoms with Crippen molar-refractivity contribution in [3.8, 4) is 5.75 Å². The quantitative estimate of drug-likeness (QED) is 0.733. The Bertz CT molecular complexity index is 792. The lowest BCUT2D eigenvalue weighted by Gasteiger charge is -2.12. The summed E-state index contributed by atoms with van der Waals surface area (Å²) in [6, 6.07) is 7.43. The van der Waals surface area contributed by atoms with E-state index in [9.17, 15) is 4.79 Å². The summed E-state index contributed by atoms with van der Waals surface area (Å²) in [5.74, 6) is 0.792. The van der Waals surface area contributed by atoms with Gasteiger partial charge >= 0.3 is 0 Å². The van der Waals surface area contributed by atoms with Gasteiger partial charge in [-0.15, -0.1) is 0 Å². The Morgan fingerprint density at radius 2 is 2.35 bits per heavy atom. The lowest BCUT2D eigenvalue weighted by atomic mass is 10.1. The molecule has 0 saturated heterocycles. The van der Waals surface area contributed by atoms with Crippen LogP contribution in [0.5, 0.6) is 5.75 Å². The van der Waals surface area contributed by atoms with Gasteiger partial charge in [0.15, 0.2) is 0 Å². The fourth-order valence-corrected chi connectivity index (χ4v) is 2.59. The van der Waals surface area contributed by atoms with Crippen molar-refractivity contribution in [1.82, 2.24) is 20.1 Å². The normalized spacial score (nSPS) is 12.3. The van der Waals surface area contributed by atoms with E-state index in [1.807, 2.05) is 37.4 Å². The van der Waals surface area contributed by atoms with Gasteiger partial charge in [-0.2, -0.15) is 5.10 Å². The number of aromatic nitrogens is 3. The van der Waals surface area contributed by atoms with Gasteiger partial charge in [0, 0.05) is 36.0 Å². The first-order chi connectivity index (χ1) is 11.2. The predicted octanol–water partition coefficient (Wildman–Crippen LogP) is 2.29. The van der Waals surface area contributed by atoms with E-state index >= 15 is 0 Å². The molecule has 0 spiro atoms. The van der Waals surface area contributed by atoms with Crippen molar-refractivity contribution in [2.75, 3.05) is 13.7 Å². The molecule has 0 aliphatic rings. The van der Waals surface area contributed by atoms with E-state index in [4.69, 9.17) is 4.74 Å². The average molecular weight is 312 g/mol. The van der Waals surface area contributed by atoms with Gasteiger partial charge in [-0.3, -0.25) is 9.48 Å². The molecule has 6 nitrogen and oxygen atoms in total. The molecule has 0 aliphatic heterocycles. The van der Waals surface area contributed by atoms with Crippen LogP contribution in [0.3, 0.4) is 0 Å². The molecule has 1 atom stereocenters. The topological polar surface area (TPSA) is 71.9 Å². The van der Waals surface area contributed by atoms with Crippen LogP contribution in [0.15, 0.2) is 42.9 Å². The fourth-order valence-electron chi connectivity index (χ4n) is 2.59. The van der Waals surface area contributed by atoms with Crippen molar-refractivity contribution in [2.45, 2.75) is 19.4 Å². The molecule has 0 radical (unpaired) electrons. The molecule has 0 saturated carbocycles. The Balaban J connectivity index is 1.61. The number of ether oxygens (including phenoxy) is 1. The minimum absolute atomic E-state index is 0.0360. The molecule has 2 aromatic heterocycles. The average Bonchev–Trinajstić information content (AvgIpc) is 3.23. The number of nitrogens with zero attached hydrogens (tertiary/aromatic N) is 2. The van der Waals surface area contributed by atoms with E-state index in [0.717, 1.165) is 28.6 Å². The van der Waals surface area contributed by atoms with Crippen molar-refractivity contribution >= 4 is 16.8 Å². The highest BCUT2D eigenvalue weighted by atomic mass is 16.5. The summed E-state index contributed by atoms with van der Waals surface area (Å²) in [4.78, 5) is 15.4. The number of fused-ring (bicyclic) bond motifs is 1. The van der Waals surface area contributed by atoms with Crippen LogP contribution in [0, 0.1) is 0 Å². The van der Waals surface area contributed by atoms with Crippen molar-refractivity contribution in [3.05, 3.63) is 48.4 Å². The Labute approximate surface area is 134 Å². The Morgan fingerprint density at radius 3 is 3.09 bits per heavy atom. The molecule has 2 heterocycles. The number of hydrogen-bond acceptors (Lipinski definition) is 3. The lowest BCUT2D eigenvalue weighted by Crippen LogP contribution is -2.32. The third-order valence-corrected chi connectivity index (χ3v) is 3.97. The summed E-state index contributed by atoms with van der Waals surface area (Å²) in [5.41, 5.74) is 2.22. The van der Waals surface area contributed by atoms with Gasteiger partial charge in [0.1, 0.15) is 11.8 Å². The summed E-state index contributed by atoms with van der Waals surface area (Å²) in [6.07, 6.45) is 6.19. The molecule has 120 valence electrons. The van der Waals surface area contributed by atoms with E-state index in [0.29, 0.717) is 6.54 Å². The van der Waals surface area contributed by atoms with E-state index in [-0.39, 0.29) is 11.9 Å². The summed E-state index contributed by atoms with van der Waals surface area (Å²) in [5, 5.41) is 8.17. The van der Waals surface area contributed by atoms with E-state index in [1.165, 1.54) is 0 Å². The highest BCUT2D eigenvalue weighted by molar-refractivity contribution is 5.85. The number of hydrogen-bond donors (Lipinski definition) is 2. The smallest absolute Gasteiger partial charge is 0.244 e. The molecule has 0 bridgehead atoms. The van der Waals surface area contributed by atoms with E-state index in [1.54, 1.807) is 24.2 Å². The van der Waals surface area contributed by atoms with Gasteiger partial charge in [0.25, 0.3) is 0 Å². The molecule has 0 unspecified atom stereocenters. The molecule has 0 aliphatic carbocycles. The number of methoxy groups -OCH3 is 1. The maximum absolute atomic E-state index is 12.1. The zero-order valence-electron chi connectivity index (χ0n) is 13.2. The molecule has 2 N–H and O–H groups in total. The van der Waals surface area contributed by atoms with Gasteiger partial charge < -0.3 is 15.0 Å². The molecule has 6 heteroatoms. The van der Waals surface area contributed by atoms with Crippen LogP contribution in [0.1, 0.15) is 18.5 Å². The molecular formula is C17H20N4O2. The maximum Gasteiger partial charge on any atom is 0.244 e. The highest BCUT2D eigenvalue weighted by Gasteiger charge is 2.14. The zero-order chi connectivity index (χ0) is 16.2. The van der Waals surface area contributed by atoms with Crippen LogP contribution >= 0.6 is 0 Å². The number of H-pyrrole nitrogens is 1. The minimum Gasteiger partial charge on any atom is -0.497 e. The van der Waals surface area contributed by atoms with Crippen molar-refractivity contribution in [2.24, 2.45) is 0 Å². The van der Waals surface area contributed by atoms with Crippen LogP contribution in [0.2, 0.25) is 0 Å². The molecule has 23 heavy (non-hydrogen) atoms. The Morgan fingerprint density at radius 1 is 1.48 bits per heavy atom. The number of carbonyl (C=O) groups excluding carboxylic acids is 1. The number of nitrogens with one attached hydrogen (secondary N) is 2. The largest absolute Gasteiger partial charge is 0.497 e. The maximum atomic E-state index is 12.1. The van der Waals surface area contributed by atoms with E-state index < -0.39 is 0 Å². The first-order valence-corrected chi connectivity index (χ1v) is 7.60. The van der Waals surface area contributed by atoms with Crippen LogP contribution in [-0.4, -0.2) is 34.3 Å². The third kappa shape index (κ3) is 3.21. The van der Waals surface area contributed by atoms with Gasteiger partial charge in [-0.1, -0.05) is 0 Å². The monoisotopic (exact) mass is 312 g/mol. The number of aromatic amines is 1. The molecule has 1 amide bonds. The number of benzene rings is 1. The first-order valence-electron chi connectivity index (χ1n) is 7.60. The zero-order valence-corrected chi connectivity index (χ0v) is 13.2. The van der Waals surface area contributed by atoms with Crippen LogP contribution in [0.25, 0.3) is 10.9 Å². The van der Waals surface area contributed by atoms with Gasteiger partial charge in [0.05, 0.1) is 7.11 Å². The number of rotatable bonds is 6. The van der Waals surface area contributed by atoms with E-state index in [2.05, 4.69) is 15.4 Å². The molecule has 3 rings (SSSR count). The second kappa shape index (κ2) is 6.56. The summed E-state index contributed by atoms with van der Waals surface area (Å²) < 4.78 is 6.91. The van der Waals surface area contributed by atoms with Crippen molar-refractivity contribution in [1.29, 1.82) is 0 Å². The number of carbonyl (C=O) groups is 1. The van der Waals surface area contributed by atoms with Gasteiger partial charge in [-0.05, 0) is 43.2 Å². The second-order valence-electron chi connectivity index (χ2n) is 5.43. The van der Waals surface area contributed by atoms with Crippen LogP contribution < -0.4 is 10.1 Å². The molecule has 1 aromatic carbocycles. The SMILES string of the molecule is COc1ccc2[nH]cc(CCNC(=O)[C@@H](C)n3cccn3)c2c1. The highest BCUT2D eigenvalue weighted by Crippen LogP contribution is 2.23. The van der Waals surface area contributed by atoms with Gasteiger partial charge in [0.2, 0.25) is 5.91 Å². The van der Waals surface area contributed by atoms with Crippen LogP contribution in [-0.2, 0) is 11.2 Å². The van der Waals surface area contributed by atoms with Crippen LogP contribution in [0.4, 0.5) is 0 Å².